The van der Waals surface area contributed by atoms with Crippen molar-refractivity contribution in [3.8, 4) is 0 Å². The molecule has 0 spiro atoms. The van der Waals surface area contributed by atoms with Crippen LogP contribution in [-0.2, 0) is 9.59 Å². The van der Waals surface area contributed by atoms with Crippen LogP contribution in [0.5, 0.6) is 0 Å². The summed E-state index contributed by atoms with van der Waals surface area (Å²) in [5, 5.41) is 5.64. The van der Waals surface area contributed by atoms with E-state index in [0.717, 1.165) is 25.7 Å². The summed E-state index contributed by atoms with van der Waals surface area (Å²) in [7, 11) is 0. The van der Waals surface area contributed by atoms with Crippen LogP contribution >= 0.6 is 0 Å². The fraction of sp³-hybridized carbons (Fsp3) is 0.296. The molecular weight excluding hydrogens is 460 g/mol. The highest BCUT2D eigenvalue weighted by molar-refractivity contribution is 6.05. The maximum Gasteiger partial charge on any atom is 0.287 e. The van der Waals surface area contributed by atoms with Crippen LogP contribution in [-0.4, -0.2) is 41.1 Å². The minimum absolute atomic E-state index is 0.0287. The second-order valence-corrected chi connectivity index (χ2v) is 8.70. The smallest absolute Gasteiger partial charge is 0.287 e. The van der Waals surface area contributed by atoms with Crippen LogP contribution in [0.1, 0.15) is 65.1 Å². The van der Waals surface area contributed by atoms with Crippen molar-refractivity contribution >= 4 is 29.2 Å². The average Bonchev–Trinajstić information content (AvgIpc) is 3.61. The number of furan rings is 1. The number of anilines is 1. The van der Waals surface area contributed by atoms with Gasteiger partial charge in [-0.3, -0.25) is 29.1 Å². The van der Waals surface area contributed by atoms with Gasteiger partial charge in [-0.2, -0.15) is 0 Å². The van der Waals surface area contributed by atoms with Gasteiger partial charge in [0.05, 0.1) is 12.8 Å². The van der Waals surface area contributed by atoms with Gasteiger partial charge in [0.2, 0.25) is 11.8 Å². The number of nitrogens with zero attached hydrogens (tertiary/aromatic N) is 2. The zero-order valence-corrected chi connectivity index (χ0v) is 20.0. The highest BCUT2D eigenvalue weighted by atomic mass is 16.3. The van der Waals surface area contributed by atoms with E-state index in [-0.39, 0.29) is 30.0 Å². The van der Waals surface area contributed by atoms with E-state index in [1.54, 1.807) is 54.9 Å². The number of hydrogen-bond acceptors (Lipinski definition) is 6. The van der Waals surface area contributed by atoms with Crippen LogP contribution in [0.3, 0.4) is 0 Å². The molecule has 0 unspecified atom stereocenters. The minimum atomic E-state index is -1.04. The summed E-state index contributed by atoms with van der Waals surface area (Å²) >= 11 is 0. The number of amides is 3. The van der Waals surface area contributed by atoms with Crippen molar-refractivity contribution in [3.05, 3.63) is 84.1 Å². The number of pyridine rings is 1. The van der Waals surface area contributed by atoms with Crippen molar-refractivity contribution in [2.24, 2.45) is 0 Å². The monoisotopic (exact) mass is 488 g/mol. The molecule has 1 aliphatic carbocycles. The van der Waals surface area contributed by atoms with Gasteiger partial charge in [0.15, 0.2) is 11.5 Å². The summed E-state index contributed by atoms with van der Waals surface area (Å²) in [4.78, 5) is 57.2. The molecule has 2 N–H and O–H groups in total. The van der Waals surface area contributed by atoms with Gasteiger partial charge in [-0.25, -0.2) is 0 Å². The molecule has 4 rings (SSSR count). The Bertz CT molecular complexity index is 1220. The fourth-order valence-corrected chi connectivity index (χ4v) is 4.36. The molecule has 0 bridgehead atoms. The molecule has 9 nitrogen and oxygen atoms in total. The number of carbonyl (C=O) groups is 4. The number of carbonyl (C=O) groups excluding carboxylic acids is 4. The molecule has 3 aromatic rings. The molecule has 1 atom stereocenters. The molecule has 1 saturated carbocycles. The standard InChI is InChI=1S/C27H28N4O5/c1-18(32)20-6-4-9-22(16-20)31(24(33)17-29-26(34)23-10-5-15-36-23)25(19-11-13-28-14-12-19)27(35)30-21-7-2-3-8-21/h4-6,9-16,21,25H,2-3,7-8,17H2,1H3,(H,29,34)(H,30,35)/t25-/m0/s1. The van der Waals surface area contributed by atoms with Crippen molar-refractivity contribution in [1.82, 2.24) is 15.6 Å². The molecule has 9 heteroatoms. The third kappa shape index (κ3) is 5.86. The topological polar surface area (TPSA) is 122 Å². The summed E-state index contributed by atoms with van der Waals surface area (Å²) in [6, 6.07) is 11.9. The van der Waals surface area contributed by atoms with Gasteiger partial charge < -0.3 is 15.1 Å². The largest absolute Gasteiger partial charge is 0.459 e. The third-order valence-corrected chi connectivity index (χ3v) is 6.17. The molecule has 0 aliphatic heterocycles. The molecule has 36 heavy (non-hydrogen) atoms. The maximum absolute atomic E-state index is 13.7. The van der Waals surface area contributed by atoms with Gasteiger partial charge in [-0.1, -0.05) is 25.0 Å². The number of benzene rings is 1. The molecule has 2 heterocycles. The van der Waals surface area contributed by atoms with Crippen molar-refractivity contribution in [2.45, 2.75) is 44.7 Å². The summed E-state index contributed by atoms with van der Waals surface area (Å²) in [6.07, 6.45) is 8.30. The van der Waals surface area contributed by atoms with E-state index < -0.39 is 17.9 Å². The second-order valence-electron chi connectivity index (χ2n) is 8.70. The summed E-state index contributed by atoms with van der Waals surface area (Å²) in [6.45, 7) is 1.05. The first kappa shape index (κ1) is 24.8. The van der Waals surface area contributed by atoms with Gasteiger partial charge in [-0.15, -0.1) is 0 Å². The summed E-state index contributed by atoms with van der Waals surface area (Å²) in [5.74, 6) is -1.53. The lowest BCUT2D eigenvalue weighted by atomic mass is 10.0. The number of hydrogen-bond donors (Lipinski definition) is 2. The van der Waals surface area contributed by atoms with Gasteiger partial charge in [-0.05, 0) is 61.7 Å². The van der Waals surface area contributed by atoms with Crippen LogP contribution < -0.4 is 15.5 Å². The lowest BCUT2D eigenvalue weighted by Crippen LogP contribution is -2.49. The molecule has 1 aromatic carbocycles. The lowest BCUT2D eigenvalue weighted by Gasteiger charge is -2.32. The first-order valence-electron chi connectivity index (χ1n) is 11.9. The van der Waals surface area contributed by atoms with E-state index in [2.05, 4.69) is 15.6 Å². The number of rotatable bonds is 9. The summed E-state index contributed by atoms with van der Waals surface area (Å²) in [5.41, 5.74) is 1.32. The molecule has 2 aromatic heterocycles. The molecular formula is C27H28N4O5. The van der Waals surface area contributed by atoms with E-state index in [4.69, 9.17) is 4.42 Å². The molecule has 1 aliphatic rings. The predicted octanol–water partition coefficient (Wildman–Crippen LogP) is 3.44. The van der Waals surface area contributed by atoms with E-state index in [0.29, 0.717) is 16.8 Å². The van der Waals surface area contributed by atoms with Crippen LogP contribution in [0.4, 0.5) is 5.69 Å². The summed E-state index contributed by atoms with van der Waals surface area (Å²) < 4.78 is 5.10. The van der Waals surface area contributed by atoms with E-state index in [9.17, 15) is 19.2 Å². The minimum Gasteiger partial charge on any atom is -0.459 e. The Labute approximate surface area is 208 Å². The molecule has 1 fully saturated rings. The van der Waals surface area contributed by atoms with E-state index >= 15 is 0 Å². The van der Waals surface area contributed by atoms with Gasteiger partial charge in [0, 0.05) is 29.7 Å². The zero-order chi connectivity index (χ0) is 25.5. The van der Waals surface area contributed by atoms with Crippen LogP contribution in [0.25, 0.3) is 0 Å². The van der Waals surface area contributed by atoms with Crippen molar-refractivity contribution in [2.75, 3.05) is 11.4 Å². The Hall–Kier alpha value is -4.27. The molecule has 0 saturated heterocycles. The first-order valence-corrected chi connectivity index (χ1v) is 11.9. The quantitative estimate of drug-likeness (QED) is 0.445. The van der Waals surface area contributed by atoms with Gasteiger partial charge in [0.25, 0.3) is 5.91 Å². The Kier molecular flexibility index (Phi) is 7.89. The van der Waals surface area contributed by atoms with Crippen LogP contribution in [0.2, 0.25) is 0 Å². The Morgan fingerprint density at radius 1 is 1.06 bits per heavy atom. The van der Waals surface area contributed by atoms with E-state index in [1.807, 2.05) is 0 Å². The highest BCUT2D eigenvalue weighted by Crippen LogP contribution is 2.30. The van der Waals surface area contributed by atoms with Crippen molar-refractivity contribution < 1.29 is 23.6 Å². The number of Topliss-reactive ketones (excluding diaryl/α,β-unsaturated/α-hetero) is 1. The molecule has 0 radical (unpaired) electrons. The van der Waals surface area contributed by atoms with E-state index in [1.165, 1.54) is 24.2 Å². The fourth-order valence-electron chi connectivity index (χ4n) is 4.36. The lowest BCUT2D eigenvalue weighted by molar-refractivity contribution is -0.126. The molecule has 3 amide bonds. The second kappa shape index (κ2) is 11.4. The number of nitrogens with one attached hydrogen (secondary N) is 2. The number of ketones is 1. The third-order valence-electron chi connectivity index (χ3n) is 6.17. The first-order chi connectivity index (χ1) is 17.4. The molecule has 186 valence electrons. The Morgan fingerprint density at radius 2 is 1.81 bits per heavy atom. The average molecular weight is 489 g/mol. The normalized spacial score (nSPS) is 14.1. The zero-order valence-electron chi connectivity index (χ0n) is 20.0. The van der Waals surface area contributed by atoms with Crippen molar-refractivity contribution in [3.63, 3.8) is 0 Å². The Morgan fingerprint density at radius 3 is 2.47 bits per heavy atom. The van der Waals surface area contributed by atoms with Crippen molar-refractivity contribution in [1.29, 1.82) is 0 Å². The SMILES string of the molecule is CC(=O)c1cccc(N(C(=O)CNC(=O)c2ccco2)[C@H](C(=O)NC2CCCC2)c2ccncc2)c1. The maximum atomic E-state index is 13.7. The van der Waals surface area contributed by atoms with Gasteiger partial charge >= 0.3 is 0 Å². The number of aromatic nitrogens is 1. The van der Waals surface area contributed by atoms with Crippen LogP contribution in [0, 0.1) is 0 Å². The van der Waals surface area contributed by atoms with Gasteiger partial charge in [0.1, 0.15) is 6.04 Å². The predicted molar refractivity (Wildman–Crippen MR) is 132 cm³/mol. The Balaban J connectivity index is 1.70. The van der Waals surface area contributed by atoms with Crippen LogP contribution in [0.15, 0.2) is 71.6 Å². The highest BCUT2D eigenvalue weighted by Gasteiger charge is 2.34.